The van der Waals surface area contributed by atoms with Crippen molar-refractivity contribution in [2.24, 2.45) is 0 Å². The first-order valence-electron chi connectivity index (χ1n) is 3.57. The monoisotopic (exact) mass is 160 g/mol. The van der Waals surface area contributed by atoms with Crippen LogP contribution in [0, 0.1) is 0 Å². The summed E-state index contributed by atoms with van der Waals surface area (Å²) in [5.74, 6) is -0.644. The standard InChI is InChI=1S/C7H12O4/c1-11-6(9)7(10)3-2-5(8)4-7/h5,8,10H,2-4H2,1H3. The van der Waals surface area contributed by atoms with E-state index in [0.717, 1.165) is 0 Å². The van der Waals surface area contributed by atoms with E-state index < -0.39 is 17.7 Å². The second-order valence-corrected chi connectivity index (χ2v) is 2.92. The van der Waals surface area contributed by atoms with Crippen molar-refractivity contribution in [2.45, 2.75) is 31.0 Å². The predicted octanol–water partition coefficient (Wildman–Crippen LogP) is -0.565. The molecule has 0 amide bonds. The van der Waals surface area contributed by atoms with E-state index in [2.05, 4.69) is 4.74 Å². The Hall–Kier alpha value is -0.610. The van der Waals surface area contributed by atoms with Crippen molar-refractivity contribution < 1.29 is 19.7 Å². The van der Waals surface area contributed by atoms with E-state index in [0.29, 0.717) is 12.8 Å². The van der Waals surface area contributed by atoms with Crippen LogP contribution in [0.5, 0.6) is 0 Å². The lowest BCUT2D eigenvalue weighted by molar-refractivity contribution is -0.162. The largest absolute Gasteiger partial charge is 0.467 e. The van der Waals surface area contributed by atoms with E-state index in [9.17, 15) is 9.90 Å². The van der Waals surface area contributed by atoms with Crippen LogP contribution >= 0.6 is 0 Å². The third-order valence-corrected chi connectivity index (χ3v) is 2.03. The molecule has 0 spiro atoms. The molecule has 0 heterocycles. The van der Waals surface area contributed by atoms with Crippen molar-refractivity contribution in [2.75, 3.05) is 7.11 Å². The molecule has 0 aromatic carbocycles. The van der Waals surface area contributed by atoms with Gasteiger partial charge in [-0.15, -0.1) is 0 Å². The quantitative estimate of drug-likeness (QED) is 0.504. The van der Waals surface area contributed by atoms with E-state index in [1.54, 1.807) is 0 Å². The van der Waals surface area contributed by atoms with Crippen LogP contribution in [0.3, 0.4) is 0 Å². The van der Waals surface area contributed by atoms with E-state index in [-0.39, 0.29) is 6.42 Å². The van der Waals surface area contributed by atoms with E-state index in [4.69, 9.17) is 5.11 Å². The highest BCUT2D eigenvalue weighted by atomic mass is 16.5. The van der Waals surface area contributed by atoms with Crippen molar-refractivity contribution in [1.29, 1.82) is 0 Å². The summed E-state index contributed by atoms with van der Waals surface area (Å²) in [4.78, 5) is 10.9. The van der Waals surface area contributed by atoms with Crippen molar-refractivity contribution in [3.8, 4) is 0 Å². The summed E-state index contributed by atoms with van der Waals surface area (Å²) >= 11 is 0. The molecule has 1 fully saturated rings. The van der Waals surface area contributed by atoms with Gasteiger partial charge in [-0.2, -0.15) is 0 Å². The summed E-state index contributed by atoms with van der Waals surface area (Å²) in [5.41, 5.74) is -1.44. The first-order chi connectivity index (χ1) is 5.08. The van der Waals surface area contributed by atoms with Gasteiger partial charge in [0.25, 0.3) is 0 Å². The summed E-state index contributed by atoms with van der Waals surface area (Å²) in [5, 5.41) is 18.5. The van der Waals surface area contributed by atoms with Gasteiger partial charge in [-0.25, -0.2) is 4.79 Å². The fourth-order valence-corrected chi connectivity index (χ4v) is 1.37. The van der Waals surface area contributed by atoms with Crippen molar-refractivity contribution in [3.63, 3.8) is 0 Å². The lowest BCUT2D eigenvalue weighted by Gasteiger charge is -2.17. The molecule has 2 N–H and O–H groups in total. The number of aliphatic hydroxyl groups excluding tert-OH is 1. The molecule has 0 saturated heterocycles. The van der Waals surface area contributed by atoms with Crippen molar-refractivity contribution in [1.82, 2.24) is 0 Å². The molecule has 4 nitrogen and oxygen atoms in total. The van der Waals surface area contributed by atoms with E-state index in [1.807, 2.05) is 0 Å². The number of carbonyl (C=O) groups excluding carboxylic acids is 1. The summed E-state index contributed by atoms with van der Waals surface area (Å²) in [6, 6.07) is 0. The second kappa shape index (κ2) is 2.79. The maximum atomic E-state index is 10.9. The predicted molar refractivity (Wildman–Crippen MR) is 36.8 cm³/mol. The van der Waals surface area contributed by atoms with Crippen LogP contribution in [0.4, 0.5) is 0 Å². The molecule has 0 bridgehead atoms. The van der Waals surface area contributed by atoms with Gasteiger partial charge in [0.2, 0.25) is 0 Å². The summed E-state index contributed by atoms with van der Waals surface area (Å²) in [6.07, 6.45) is 0.283. The molecule has 11 heavy (non-hydrogen) atoms. The van der Waals surface area contributed by atoms with Gasteiger partial charge in [0.1, 0.15) is 0 Å². The van der Waals surface area contributed by atoms with Gasteiger partial charge >= 0.3 is 5.97 Å². The van der Waals surface area contributed by atoms with Gasteiger partial charge in [0, 0.05) is 6.42 Å². The number of hydrogen-bond acceptors (Lipinski definition) is 4. The van der Waals surface area contributed by atoms with Crippen LogP contribution in [0.25, 0.3) is 0 Å². The molecule has 1 saturated carbocycles. The zero-order valence-electron chi connectivity index (χ0n) is 6.41. The molecule has 1 rings (SSSR count). The van der Waals surface area contributed by atoms with Crippen LogP contribution < -0.4 is 0 Å². The minimum atomic E-state index is -1.44. The van der Waals surface area contributed by atoms with Crippen LogP contribution in [-0.4, -0.2) is 35.0 Å². The summed E-state index contributed by atoms with van der Waals surface area (Å²) in [7, 11) is 1.23. The maximum absolute atomic E-state index is 10.9. The number of carbonyl (C=O) groups is 1. The molecule has 4 heteroatoms. The van der Waals surface area contributed by atoms with Crippen molar-refractivity contribution in [3.05, 3.63) is 0 Å². The Balaban J connectivity index is 2.61. The van der Waals surface area contributed by atoms with Gasteiger partial charge in [-0.1, -0.05) is 0 Å². The number of hydrogen-bond donors (Lipinski definition) is 2. The normalized spacial score (nSPS) is 37.2. The third kappa shape index (κ3) is 1.52. The Bertz CT molecular complexity index is 168. The van der Waals surface area contributed by atoms with Gasteiger partial charge in [0.05, 0.1) is 13.2 Å². The van der Waals surface area contributed by atoms with E-state index in [1.165, 1.54) is 7.11 Å². The zero-order valence-corrected chi connectivity index (χ0v) is 6.41. The minimum absolute atomic E-state index is 0.0969. The molecular weight excluding hydrogens is 148 g/mol. The fourth-order valence-electron chi connectivity index (χ4n) is 1.37. The lowest BCUT2D eigenvalue weighted by atomic mass is 10.0. The number of aliphatic hydroxyl groups is 2. The molecule has 1 aliphatic carbocycles. The van der Waals surface area contributed by atoms with Gasteiger partial charge in [-0.3, -0.25) is 0 Å². The van der Waals surface area contributed by atoms with Gasteiger partial charge < -0.3 is 14.9 Å². The van der Waals surface area contributed by atoms with Gasteiger partial charge in [0.15, 0.2) is 5.60 Å². The molecule has 64 valence electrons. The van der Waals surface area contributed by atoms with Crippen LogP contribution in [0.15, 0.2) is 0 Å². The molecule has 0 aliphatic heterocycles. The Kier molecular flexibility index (Phi) is 2.15. The topological polar surface area (TPSA) is 66.8 Å². The highest BCUT2D eigenvalue weighted by Gasteiger charge is 2.44. The molecule has 1 aliphatic rings. The number of methoxy groups -OCH3 is 1. The minimum Gasteiger partial charge on any atom is -0.467 e. The molecular formula is C7H12O4. The first kappa shape index (κ1) is 8.49. The Labute approximate surface area is 64.8 Å². The smallest absolute Gasteiger partial charge is 0.337 e. The Morgan fingerprint density at radius 1 is 1.73 bits per heavy atom. The highest BCUT2D eigenvalue weighted by Crippen LogP contribution is 2.30. The van der Waals surface area contributed by atoms with E-state index >= 15 is 0 Å². The Morgan fingerprint density at radius 3 is 2.73 bits per heavy atom. The third-order valence-electron chi connectivity index (χ3n) is 2.03. The second-order valence-electron chi connectivity index (χ2n) is 2.92. The van der Waals surface area contributed by atoms with Crippen LogP contribution in [0.1, 0.15) is 19.3 Å². The molecule has 2 unspecified atom stereocenters. The SMILES string of the molecule is COC(=O)C1(O)CCC(O)C1. The van der Waals surface area contributed by atoms with Crippen LogP contribution in [-0.2, 0) is 9.53 Å². The molecule has 0 radical (unpaired) electrons. The summed E-state index contributed by atoms with van der Waals surface area (Å²) in [6.45, 7) is 0. The average molecular weight is 160 g/mol. The average Bonchev–Trinajstić information content (AvgIpc) is 2.31. The number of esters is 1. The summed E-state index contributed by atoms with van der Waals surface area (Å²) < 4.78 is 4.39. The number of ether oxygens (including phenoxy) is 1. The molecule has 2 atom stereocenters. The number of rotatable bonds is 1. The first-order valence-corrected chi connectivity index (χ1v) is 3.57. The Morgan fingerprint density at radius 2 is 2.36 bits per heavy atom. The zero-order chi connectivity index (χ0) is 8.48. The molecule has 0 aromatic rings. The van der Waals surface area contributed by atoms with Gasteiger partial charge in [-0.05, 0) is 12.8 Å². The molecule has 0 aromatic heterocycles. The van der Waals surface area contributed by atoms with Crippen molar-refractivity contribution >= 4 is 5.97 Å². The lowest BCUT2D eigenvalue weighted by Crippen LogP contribution is -2.37. The fraction of sp³-hybridized carbons (Fsp3) is 0.857. The van der Waals surface area contributed by atoms with Crippen LogP contribution in [0.2, 0.25) is 0 Å². The maximum Gasteiger partial charge on any atom is 0.337 e. The highest BCUT2D eigenvalue weighted by molar-refractivity contribution is 5.79.